The molecule has 1 aromatic heterocycles. The molecule has 2 aromatic rings. The molecule has 148 valence electrons. The fourth-order valence-electron chi connectivity index (χ4n) is 3.62. The molecule has 1 N–H and O–H groups in total. The van der Waals surface area contributed by atoms with Crippen molar-refractivity contribution >= 4 is 11.3 Å². The third-order valence-electron chi connectivity index (χ3n) is 5.22. The van der Waals surface area contributed by atoms with E-state index < -0.39 is 0 Å². The van der Waals surface area contributed by atoms with Gasteiger partial charge < -0.3 is 10.1 Å². The first-order valence-electron chi connectivity index (χ1n) is 10.3. The molecule has 0 spiro atoms. The van der Waals surface area contributed by atoms with E-state index in [1.165, 1.54) is 70.2 Å². The molecule has 1 fully saturated rings. The Bertz CT molecular complexity index is 651. The van der Waals surface area contributed by atoms with Gasteiger partial charge in [-0.1, -0.05) is 25.7 Å². The first-order chi connectivity index (χ1) is 13.3. The van der Waals surface area contributed by atoms with Crippen molar-refractivity contribution in [1.29, 1.82) is 0 Å². The summed E-state index contributed by atoms with van der Waals surface area (Å²) in [5, 5.41) is 6.54. The van der Waals surface area contributed by atoms with Crippen LogP contribution in [0, 0.1) is 11.7 Å². The average molecular weight is 391 g/mol. The fourth-order valence-corrected chi connectivity index (χ4v) is 4.36. The predicted octanol–water partition coefficient (Wildman–Crippen LogP) is 5.81. The van der Waals surface area contributed by atoms with Crippen molar-refractivity contribution < 1.29 is 9.13 Å². The van der Waals surface area contributed by atoms with Crippen LogP contribution in [0.5, 0.6) is 0 Å². The van der Waals surface area contributed by atoms with Crippen LogP contribution >= 0.6 is 11.3 Å². The fraction of sp³-hybridized carbons (Fsp3) is 0.591. The Morgan fingerprint density at radius 1 is 1.11 bits per heavy atom. The van der Waals surface area contributed by atoms with Crippen LogP contribution in [0.1, 0.15) is 56.4 Å². The van der Waals surface area contributed by atoms with Crippen LogP contribution in [0.3, 0.4) is 0 Å². The minimum atomic E-state index is -0.219. The summed E-state index contributed by atoms with van der Waals surface area (Å²) in [4.78, 5) is 4.58. The summed E-state index contributed by atoms with van der Waals surface area (Å²) in [5.74, 6) is 0.674. The van der Waals surface area contributed by atoms with Gasteiger partial charge in [0.2, 0.25) is 0 Å². The third kappa shape index (κ3) is 7.32. The molecule has 0 amide bonds. The van der Waals surface area contributed by atoms with Crippen LogP contribution < -0.4 is 5.32 Å². The lowest BCUT2D eigenvalue weighted by Gasteiger charge is -2.13. The summed E-state index contributed by atoms with van der Waals surface area (Å²) >= 11 is 1.60. The van der Waals surface area contributed by atoms with Crippen LogP contribution in [-0.2, 0) is 11.3 Å². The Labute approximate surface area is 166 Å². The second kappa shape index (κ2) is 11.5. The van der Waals surface area contributed by atoms with Crippen molar-refractivity contribution in [3.05, 3.63) is 40.5 Å². The standard InChI is InChI=1S/C22H31FN2OS/c23-20-11-9-19(10-12-20)21-17-27-22(25-21)16-26-14-6-2-1-3-7-18-8-4-5-13-24-15-18/h9-12,17-18,24H,1-8,13-16H2. The molecule has 1 aliphatic rings. The highest BCUT2D eigenvalue weighted by molar-refractivity contribution is 7.09. The van der Waals surface area contributed by atoms with Gasteiger partial charge in [0.15, 0.2) is 0 Å². The number of halogens is 1. The average Bonchev–Trinajstić information content (AvgIpc) is 3.00. The van der Waals surface area contributed by atoms with E-state index in [-0.39, 0.29) is 5.82 Å². The number of unbranched alkanes of at least 4 members (excludes halogenated alkanes) is 3. The van der Waals surface area contributed by atoms with Gasteiger partial charge >= 0.3 is 0 Å². The van der Waals surface area contributed by atoms with Crippen molar-refractivity contribution in [1.82, 2.24) is 10.3 Å². The quantitative estimate of drug-likeness (QED) is 0.520. The van der Waals surface area contributed by atoms with E-state index in [9.17, 15) is 4.39 Å². The molecule has 0 aliphatic carbocycles. The van der Waals surface area contributed by atoms with Crippen LogP contribution in [0.25, 0.3) is 11.3 Å². The summed E-state index contributed by atoms with van der Waals surface area (Å²) in [6.07, 6.45) is 10.6. The number of ether oxygens (including phenoxy) is 1. The van der Waals surface area contributed by atoms with Gasteiger partial charge in [-0.05, 0) is 69.0 Å². The summed E-state index contributed by atoms with van der Waals surface area (Å²) in [6, 6.07) is 6.47. The van der Waals surface area contributed by atoms with E-state index in [4.69, 9.17) is 4.74 Å². The van der Waals surface area contributed by atoms with Crippen LogP contribution in [-0.4, -0.2) is 24.7 Å². The Morgan fingerprint density at radius 3 is 2.85 bits per heavy atom. The number of hydrogen-bond donors (Lipinski definition) is 1. The third-order valence-corrected chi connectivity index (χ3v) is 6.04. The Hall–Kier alpha value is -1.30. The van der Waals surface area contributed by atoms with Gasteiger partial charge in [-0.15, -0.1) is 11.3 Å². The molecule has 0 bridgehead atoms. The van der Waals surface area contributed by atoms with E-state index in [0.29, 0.717) is 6.61 Å². The van der Waals surface area contributed by atoms with E-state index in [0.717, 1.165) is 35.2 Å². The van der Waals surface area contributed by atoms with Crippen LogP contribution in [0.2, 0.25) is 0 Å². The molecule has 1 aromatic carbocycles. The predicted molar refractivity (Wildman–Crippen MR) is 110 cm³/mol. The maximum Gasteiger partial charge on any atom is 0.123 e. The normalized spacial score (nSPS) is 17.7. The smallest absolute Gasteiger partial charge is 0.123 e. The Balaban J connectivity index is 1.24. The largest absolute Gasteiger partial charge is 0.374 e. The molecule has 0 saturated carbocycles. The van der Waals surface area contributed by atoms with Crippen molar-refractivity contribution in [3.63, 3.8) is 0 Å². The maximum absolute atomic E-state index is 13.0. The summed E-state index contributed by atoms with van der Waals surface area (Å²) < 4.78 is 18.8. The van der Waals surface area contributed by atoms with Gasteiger partial charge in [-0.2, -0.15) is 0 Å². The zero-order valence-corrected chi connectivity index (χ0v) is 16.9. The number of nitrogens with one attached hydrogen (secondary N) is 1. The number of thiazole rings is 1. The van der Waals surface area contributed by atoms with Gasteiger partial charge in [0.1, 0.15) is 10.8 Å². The van der Waals surface area contributed by atoms with Crippen molar-refractivity contribution in [2.75, 3.05) is 19.7 Å². The van der Waals surface area contributed by atoms with E-state index in [1.54, 1.807) is 23.5 Å². The van der Waals surface area contributed by atoms with Gasteiger partial charge in [-0.3, -0.25) is 0 Å². The molecule has 2 heterocycles. The molecule has 5 heteroatoms. The van der Waals surface area contributed by atoms with E-state index in [2.05, 4.69) is 10.3 Å². The lowest BCUT2D eigenvalue weighted by Crippen LogP contribution is -2.20. The zero-order chi connectivity index (χ0) is 18.7. The minimum absolute atomic E-state index is 0.219. The van der Waals surface area contributed by atoms with Crippen LogP contribution in [0.15, 0.2) is 29.6 Å². The highest BCUT2D eigenvalue weighted by Crippen LogP contribution is 2.23. The number of nitrogens with zero attached hydrogens (tertiary/aromatic N) is 1. The highest BCUT2D eigenvalue weighted by atomic mass is 32.1. The Morgan fingerprint density at radius 2 is 1.96 bits per heavy atom. The highest BCUT2D eigenvalue weighted by Gasteiger charge is 2.11. The van der Waals surface area contributed by atoms with Gasteiger partial charge in [0.05, 0.1) is 12.3 Å². The lowest BCUT2D eigenvalue weighted by molar-refractivity contribution is 0.116. The second-order valence-corrected chi connectivity index (χ2v) is 8.40. The summed E-state index contributed by atoms with van der Waals surface area (Å²) in [5.41, 5.74) is 1.84. The molecule has 27 heavy (non-hydrogen) atoms. The lowest BCUT2D eigenvalue weighted by atomic mass is 9.96. The SMILES string of the molecule is Fc1ccc(-c2csc(COCCCCCCC3CCCCNC3)n2)cc1. The summed E-state index contributed by atoms with van der Waals surface area (Å²) in [7, 11) is 0. The first kappa shape index (κ1) is 20.4. The molecule has 3 nitrogen and oxygen atoms in total. The maximum atomic E-state index is 13.0. The van der Waals surface area contributed by atoms with E-state index in [1.807, 2.05) is 5.38 Å². The van der Waals surface area contributed by atoms with Crippen molar-refractivity contribution in [2.24, 2.45) is 5.92 Å². The van der Waals surface area contributed by atoms with Crippen molar-refractivity contribution in [3.8, 4) is 11.3 Å². The number of benzene rings is 1. The van der Waals surface area contributed by atoms with E-state index >= 15 is 0 Å². The number of hydrogen-bond acceptors (Lipinski definition) is 4. The van der Waals surface area contributed by atoms with Gasteiger partial charge in [0, 0.05) is 17.6 Å². The van der Waals surface area contributed by atoms with Gasteiger partial charge in [-0.25, -0.2) is 9.37 Å². The molecular weight excluding hydrogens is 359 g/mol. The molecule has 3 rings (SSSR count). The second-order valence-electron chi connectivity index (χ2n) is 7.45. The van der Waals surface area contributed by atoms with Gasteiger partial charge in [0.25, 0.3) is 0 Å². The molecule has 1 atom stereocenters. The van der Waals surface area contributed by atoms with Crippen molar-refractivity contribution in [2.45, 2.75) is 58.0 Å². The first-order valence-corrected chi connectivity index (χ1v) is 11.2. The Kier molecular flexibility index (Phi) is 8.72. The molecule has 1 saturated heterocycles. The monoisotopic (exact) mass is 390 g/mol. The minimum Gasteiger partial charge on any atom is -0.374 e. The topological polar surface area (TPSA) is 34.1 Å². The molecular formula is C22H31FN2OS. The molecule has 0 radical (unpaired) electrons. The molecule has 1 aliphatic heterocycles. The summed E-state index contributed by atoms with van der Waals surface area (Å²) in [6.45, 7) is 3.80. The number of aromatic nitrogens is 1. The molecule has 1 unspecified atom stereocenters. The number of rotatable bonds is 10. The van der Waals surface area contributed by atoms with Crippen LogP contribution in [0.4, 0.5) is 4.39 Å². The zero-order valence-electron chi connectivity index (χ0n) is 16.1.